The number of carbonyl (C=O) groups is 2. The molecule has 2 atom stereocenters. The predicted molar refractivity (Wildman–Crippen MR) is 308 cm³/mol. The van der Waals surface area contributed by atoms with Crippen molar-refractivity contribution in [3.05, 3.63) is 117 Å². The number of hydrogen-bond donors (Lipinski definition) is 3. The van der Waals surface area contributed by atoms with E-state index in [1.807, 2.05) is 103 Å². The number of fused-ring (bicyclic) bond motifs is 4. The normalized spacial score (nSPS) is 16.9. The molecule has 4 aromatic heterocycles. The molecule has 2 aliphatic heterocycles. The summed E-state index contributed by atoms with van der Waals surface area (Å²) in [6.07, 6.45) is 12.8. The number of pyridine rings is 2. The van der Waals surface area contributed by atoms with Crippen LogP contribution in [-0.2, 0) is 47.7 Å². The quantitative estimate of drug-likeness (QED) is 0.0211. The van der Waals surface area contributed by atoms with Gasteiger partial charge in [0.15, 0.2) is 24.8 Å². The van der Waals surface area contributed by atoms with Crippen molar-refractivity contribution in [1.82, 2.24) is 0 Å². The first kappa shape index (κ1) is 61.1. The molecule has 6 aromatic rings. The third kappa shape index (κ3) is 16.1. The predicted octanol–water partition coefficient (Wildman–Crippen LogP) is 10.0. The molecule has 0 saturated carbocycles. The average molecular weight is 1140 g/mol. The molecule has 2 unspecified atom stereocenters. The molecular weight excluding hydrogens is 1060 g/mol. The second kappa shape index (κ2) is 24.7. The number of esters is 1. The lowest BCUT2D eigenvalue weighted by Gasteiger charge is -2.47. The van der Waals surface area contributed by atoms with Gasteiger partial charge in [-0.25, -0.2) is 18.7 Å². The van der Waals surface area contributed by atoms with E-state index < -0.39 is 43.1 Å². The van der Waals surface area contributed by atoms with E-state index in [-0.39, 0.29) is 40.9 Å². The van der Waals surface area contributed by atoms with Crippen molar-refractivity contribution >= 4 is 65.5 Å². The number of benzene rings is 2. The van der Waals surface area contributed by atoms with Gasteiger partial charge in [0.1, 0.15) is 29.9 Å². The van der Waals surface area contributed by atoms with Crippen LogP contribution >= 0.6 is 0 Å². The van der Waals surface area contributed by atoms with Crippen LogP contribution in [0.1, 0.15) is 149 Å². The molecule has 0 fully saturated rings. The average Bonchev–Trinajstić information content (AvgIpc) is 3.35. The summed E-state index contributed by atoms with van der Waals surface area (Å²) >= 11 is 0. The fourth-order valence-corrected chi connectivity index (χ4v) is 12.5. The molecule has 2 aliphatic rings. The van der Waals surface area contributed by atoms with Gasteiger partial charge in [-0.2, -0.15) is 16.8 Å². The highest BCUT2D eigenvalue weighted by molar-refractivity contribution is 7.86. The van der Waals surface area contributed by atoms with Gasteiger partial charge in [0, 0.05) is 120 Å². The van der Waals surface area contributed by atoms with Gasteiger partial charge in [-0.15, -0.1) is 0 Å². The Morgan fingerprint density at radius 1 is 0.625 bits per heavy atom. The molecule has 0 aliphatic carbocycles. The first-order chi connectivity index (χ1) is 37.4. The molecule has 0 bridgehead atoms. The number of anilines is 2. The van der Waals surface area contributed by atoms with Crippen LogP contribution in [0.2, 0.25) is 0 Å². The molecule has 2 aromatic carbocycles. The molecule has 18 nitrogen and oxygen atoms in total. The van der Waals surface area contributed by atoms with Gasteiger partial charge in [-0.05, 0) is 134 Å². The zero-order chi connectivity index (χ0) is 58.5. The number of aryl methyl sites for hydroxylation is 2. The standard InChI is InChI=1S/C32H42N2O7S.C28H34N2O7S/c1-22-21-32(5,6)34(14-9-10-29(35)41-31(2,3)4)27-20-28-24(18-25(22)27)19-26(30(36)40-28)23-11-15-33(16-12-23)13-7-8-17-42(37,38)39;1-19-18-28(2,3)30(11-6-7-26(31)32)24-17-25-21(15-22(19)24)16-23(27(33)37-25)20-8-12-29(13-9-20)10-4-5-14-38(34,35)36/h11-12,15-16,18-20,22H,7-10,13-14,17,21H2,1-6H3;8-9,12-13,15-17,19H,4-7,10-11,14,18H2,1-3H3,(H-,31,32,34,35,36)/p+2. The number of carboxylic acid groups (broad SMARTS) is 1. The maximum absolute atomic E-state index is 13.1. The summed E-state index contributed by atoms with van der Waals surface area (Å²) < 4.78 is 82.2. The van der Waals surface area contributed by atoms with Crippen LogP contribution < -0.4 is 30.2 Å². The number of carboxylic acids is 1. The molecule has 20 heteroatoms. The van der Waals surface area contributed by atoms with E-state index in [0.29, 0.717) is 99.3 Å². The summed E-state index contributed by atoms with van der Waals surface area (Å²) in [5.41, 5.74) is 6.08. The Balaban J connectivity index is 0.000000232. The molecule has 0 amide bonds. The van der Waals surface area contributed by atoms with E-state index in [9.17, 15) is 36.0 Å². The SMILES string of the molecule is CC1CC(C)(C)N(CCCC(=O)O)c2cc3oc(=O)c(-c4cc[n+](CCCCS(=O)(=O)O)cc4)cc3cc21.CC1CC(C)(C)N(CCCC(=O)OC(C)(C)C)c2cc3oc(=O)c(-c4cc[n+](CCCCS(=O)(=O)O)cc4)cc3cc21. The van der Waals surface area contributed by atoms with Gasteiger partial charge >= 0.3 is 23.2 Å². The number of unbranched alkanes of at least 4 members (excludes halogenated alkanes) is 2. The topological polar surface area (TPSA) is 247 Å². The second-order valence-electron chi connectivity index (χ2n) is 23.8. The van der Waals surface area contributed by atoms with Gasteiger partial charge in [0.25, 0.3) is 20.2 Å². The van der Waals surface area contributed by atoms with Crippen LogP contribution in [0.5, 0.6) is 0 Å². The van der Waals surface area contributed by atoms with Crippen LogP contribution in [0, 0.1) is 0 Å². The molecule has 0 saturated heterocycles. The Bertz CT molecular complexity index is 3570. The largest absolute Gasteiger partial charge is 0.481 e. The fraction of sp³-hybridized carbons (Fsp3) is 0.500. The van der Waals surface area contributed by atoms with Crippen molar-refractivity contribution in [2.75, 3.05) is 34.4 Å². The number of rotatable bonds is 20. The third-order valence-electron chi connectivity index (χ3n) is 15.0. The number of aliphatic carboxylic acids is 1. The van der Waals surface area contributed by atoms with E-state index in [1.54, 1.807) is 0 Å². The fourth-order valence-electron chi connectivity index (χ4n) is 11.3. The van der Waals surface area contributed by atoms with Crippen molar-refractivity contribution in [3.8, 4) is 22.3 Å². The maximum Gasteiger partial charge on any atom is 0.344 e. The van der Waals surface area contributed by atoms with Crippen molar-refractivity contribution < 1.29 is 63.3 Å². The molecule has 80 heavy (non-hydrogen) atoms. The summed E-state index contributed by atoms with van der Waals surface area (Å²) in [7, 11) is -7.90. The van der Waals surface area contributed by atoms with Crippen LogP contribution in [0.4, 0.5) is 11.4 Å². The van der Waals surface area contributed by atoms with E-state index >= 15 is 0 Å². The van der Waals surface area contributed by atoms with Crippen LogP contribution in [0.15, 0.2) is 104 Å². The molecule has 3 N–H and O–H groups in total. The van der Waals surface area contributed by atoms with E-state index in [2.05, 4.69) is 63.5 Å². The third-order valence-corrected chi connectivity index (χ3v) is 16.6. The Morgan fingerprint density at radius 3 is 1.38 bits per heavy atom. The second-order valence-corrected chi connectivity index (χ2v) is 26.9. The van der Waals surface area contributed by atoms with Gasteiger partial charge in [0.2, 0.25) is 0 Å². The molecule has 432 valence electrons. The first-order valence-corrected chi connectivity index (χ1v) is 30.7. The lowest BCUT2D eigenvalue weighted by Crippen LogP contribution is -2.49. The molecular formula is C60H78N4O14S2+2. The monoisotopic (exact) mass is 1140 g/mol. The van der Waals surface area contributed by atoms with Gasteiger partial charge < -0.3 is 28.5 Å². The van der Waals surface area contributed by atoms with Gasteiger partial charge in [0.05, 0.1) is 22.6 Å². The minimum absolute atomic E-state index is 0.102. The van der Waals surface area contributed by atoms with Crippen LogP contribution in [-0.4, -0.2) is 84.3 Å². The lowest BCUT2D eigenvalue weighted by atomic mass is 9.79. The highest BCUT2D eigenvalue weighted by Crippen LogP contribution is 2.47. The van der Waals surface area contributed by atoms with Crippen molar-refractivity contribution in [1.29, 1.82) is 0 Å². The highest BCUT2D eigenvalue weighted by atomic mass is 32.2. The summed E-state index contributed by atoms with van der Waals surface area (Å²) in [6, 6.07) is 19.2. The van der Waals surface area contributed by atoms with Crippen LogP contribution in [0.3, 0.4) is 0 Å². The smallest absolute Gasteiger partial charge is 0.344 e. The van der Waals surface area contributed by atoms with Gasteiger partial charge in [-0.3, -0.25) is 18.7 Å². The summed E-state index contributed by atoms with van der Waals surface area (Å²) in [4.78, 5) is 54.0. The summed E-state index contributed by atoms with van der Waals surface area (Å²) in [5, 5.41) is 10.8. The zero-order valence-electron chi connectivity index (χ0n) is 47.5. The maximum atomic E-state index is 13.1. The number of aromatic nitrogens is 2. The van der Waals surface area contributed by atoms with Gasteiger partial charge in [-0.1, -0.05) is 13.8 Å². The molecule has 0 radical (unpaired) electrons. The Kier molecular flexibility index (Phi) is 18.9. The highest BCUT2D eigenvalue weighted by Gasteiger charge is 2.38. The molecule has 0 spiro atoms. The Morgan fingerprint density at radius 2 is 1.01 bits per heavy atom. The van der Waals surface area contributed by atoms with E-state index in [4.69, 9.17) is 27.8 Å². The Hall–Kier alpha value is -6.48. The minimum atomic E-state index is -3.95. The number of nitrogens with zero attached hydrogens (tertiary/aromatic N) is 4. The number of carbonyl (C=O) groups excluding carboxylic acids is 1. The zero-order valence-corrected chi connectivity index (χ0v) is 49.1. The van der Waals surface area contributed by atoms with E-state index in [0.717, 1.165) is 51.7 Å². The lowest BCUT2D eigenvalue weighted by molar-refractivity contribution is -0.697. The first-order valence-electron chi connectivity index (χ1n) is 27.5. The van der Waals surface area contributed by atoms with E-state index in [1.165, 1.54) is 5.56 Å². The van der Waals surface area contributed by atoms with Crippen molar-refractivity contribution in [2.45, 2.75) is 168 Å². The Labute approximate surface area is 468 Å². The number of ether oxygens (including phenoxy) is 1. The van der Waals surface area contributed by atoms with Crippen LogP contribution in [0.25, 0.3) is 44.2 Å². The summed E-state index contributed by atoms with van der Waals surface area (Å²) in [6.45, 7) is 21.2. The van der Waals surface area contributed by atoms with Crippen molar-refractivity contribution in [2.24, 2.45) is 0 Å². The minimum Gasteiger partial charge on any atom is -0.481 e. The van der Waals surface area contributed by atoms with Crippen molar-refractivity contribution in [3.63, 3.8) is 0 Å². The number of hydrogen-bond acceptors (Lipinski definition) is 13. The molecule has 6 heterocycles. The molecule has 8 rings (SSSR count). The summed E-state index contributed by atoms with van der Waals surface area (Å²) in [5.74, 6) is -0.946.